The highest BCUT2D eigenvalue weighted by atomic mass is 16.5. The fraction of sp³-hybridized carbons (Fsp3) is 0.800. The summed E-state index contributed by atoms with van der Waals surface area (Å²) in [6.07, 6.45) is 0.235. The summed E-state index contributed by atoms with van der Waals surface area (Å²) in [6, 6.07) is -1.05. The molecule has 6 nitrogen and oxygen atoms in total. The number of carbonyl (C=O) groups is 2. The van der Waals surface area contributed by atoms with Crippen molar-refractivity contribution in [2.75, 3.05) is 13.2 Å². The van der Waals surface area contributed by atoms with Crippen molar-refractivity contribution >= 4 is 11.9 Å². The van der Waals surface area contributed by atoms with Gasteiger partial charge in [0.1, 0.15) is 12.1 Å². The molecule has 0 aliphatic carbocycles. The first kappa shape index (κ1) is 12.9. The number of carboxylic acid groups (broad SMARTS) is 1. The Morgan fingerprint density at radius 1 is 1.56 bits per heavy atom. The van der Waals surface area contributed by atoms with Crippen molar-refractivity contribution in [2.45, 2.75) is 31.9 Å². The highest BCUT2D eigenvalue weighted by molar-refractivity contribution is 5.86. The minimum atomic E-state index is -1.15. The van der Waals surface area contributed by atoms with Crippen LogP contribution in [0.5, 0.6) is 0 Å². The molecule has 0 aromatic rings. The second kappa shape index (κ2) is 5.81. The van der Waals surface area contributed by atoms with E-state index in [1.54, 1.807) is 0 Å². The third-order valence-electron chi connectivity index (χ3n) is 2.68. The number of aliphatic hydroxyl groups excluding tert-OH is 1. The van der Waals surface area contributed by atoms with Gasteiger partial charge in [0.2, 0.25) is 5.91 Å². The smallest absolute Gasteiger partial charge is 0.326 e. The van der Waals surface area contributed by atoms with Gasteiger partial charge in [-0.25, -0.2) is 4.79 Å². The number of carbonyl (C=O) groups excluding carboxylic acids is 1. The number of nitrogens with one attached hydrogen (secondary N) is 1. The van der Waals surface area contributed by atoms with Crippen LogP contribution in [0.3, 0.4) is 0 Å². The number of aliphatic carboxylic acids is 1. The van der Waals surface area contributed by atoms with Gasteiger partial charge in [-0.05, 0) is 12.3 Å². The van der Waals surface area contributed by atoms with E-state index in [1.807, 2.05) is 6.92 Å². The van der Waals surface area contributed by atoms with E-state index in [-0.39, 0.29) is 18.9 Å². The average molecular weight is 231 g/mol. The molecule has 6 heteroatoms. The zero-order chi connectivity index (χ0) is 12.1. The second-order valence-corrected chi connectivity index (χ2v) is 3.97. The van der Waals surface area contributed by atoms with Gasteiger partial charge >= 0.3 is 5.97 Å². The van der Waals surface area contributed by atoms with Crippen molar-refractivity contribution in [3.05, 3.63) is 0 Å². The number of amides is 1. The van der Waals surface area contributed by atoms with E-state index in [0.717, 1.165) is 6.42 Å². The van der Waals surface area contributed by atoms with Crippen LogP contribution in [0, 0.1) is 5.92 Å². The number of carboxylic acids is 1. The first-order chi connectivity index (χ1) is 7.56. The number of rotatable bonds is 5. The lowest BCUT2D eigenvalue weighted by Gasteiger charge is -2.18. The Bertz CT molecular complexity index is 268. The Morgan fingerprint density at radius 3 is 2.69 bits per heavy atom. The van der Waals surface area contributed by atoms with Crippen LogP contribution < -0.4 is 5.32 Å². The largest absolute Gasteiger partial charge is 0.480 e. The van der Waals surface area contributed by atoms with E-state index < -0.39 is 24.0 Å². The maximum Gasteiger partial charge on any atom is 0.326 e. The van der Waals surface area contributed by atoms with E-state index >= 15 is 0 Å². The molecule has 1 fully saturated rings. The van der Waals surface area contributed by atoms with Gasteiger partial charge in [0.25, 0.3) is 0 Å². The van der Waals surface area contributed by atoms with Crippen LogP contribution in [-0.2, 0) is 14.3 Å². The Labute approximate surface area is 93.6 Å². The normalized spacial score (nSPS) is 26.4. The van der Waals surface area contributed by atoms with Crippen LogP contribution >= 0.6 is 0 Å². The quantitative estimate of drug-likeness (QED) is 0.585. The minimum Gasteiger partial charge on any atom is -0.480 e. The van der Waals surface area contributed by atoms with E-state index in [1.165, 1.54) is 0 Å². The summed E-state index contributed by atoms with van der Waals surface area (Å²) in [5.74, 6) is -1.46. The molecule has 1 saturated heterocycles. The van der Waals surface area contributed by atoms with E-state index in [4.69, 9.17) is 14.9 Å². The molecule has 1 rings (SSSR count). The molecular weight excluding hydrogens is 214 g/mol. The third-order valence-corrected chi connectivity index (χ3v) is 2.68. The minimum absolute atomic E-state index is 0.00216. The van der Waals surface area contributed by atoms with Crippen molar-refractivity contribution in [2.24, 2.45) is 5.92 Å². The van der Waals surface area contributed by atoms with Gasteiger partial charge < -0.3 is 20.3 Å². The molecule has 0 bridgehead atoms. The van der Waals surface area contributed by atoms with Crippen LogP contribution in [0.25, 0.3) is 0 Å². The maximum absolute atomic E-state index is 11.7. The number of hydrogen-bond acceptors (Lipinski definition) is 4. The average Bonchev–Trinajstić information content (AvgIpc) is 2.63. The van der Waals surface area contributed by atoms with Gasteiger partial charge in [-0.1, -0.05) is 6.92 Å². The summed E-state index contributed by atoms with van der Waals surface area (Å²) < 4.78 is 5.22. The summed E-state index contributed by atoms with van der Waals surface area (Å²) in [4.78, 5) is 22.4. The molecule has 1 aliphatic heterocycles. The number of hydrogen-bond donors (Lipinski definition) is 3. The first-order valence-corrected chi connectivity index (χ1v) is 5.32. The second-order valence-electron chi connectivity index (χ2n) is 3.97. The molecule has 1 heterocycles. The van der Waals surface area contributed by atoms with Crippen molar-refractivity contribution in [3.8, 4) is 0 Å². The highest BCUT2D eigenvalue weighted by Crippen LogP contribution is 2.20. The molecular formula is C10H17NO5. The van der Waals surface area contributed by atoms with Crippen LogP contribution in [-0.4, -0.2) is 47.4 Å². The molecule has 0 aromatic heterocycles. The predicted molar refractivity (Wildman–Crippen MR) is 54.8 cm³/mol. The standard InChI is InChI=1S/C10H17NO5/c1-6-3-5-16-8(6)9(13)11-7(2-4-12)10(14)15/h6-8,12H,2-5H2,1H3,(H,11,13)(H,14,15)/t6?,7-,8?/m0/s1. The first-order valence-electron chi connectivity index (χ1n) is 5.32. The molecule has 0 radical (unpaired) electrons. The lowest BCUT2D eigenvalue weighted by Crippen LogP contribution is -2.47. The molecule has 3 atom stereocenters. The maximum atomic E-state index is 11.7. The molecule has 2 unspecified atom stereocenters. The zero-order valence-corrected chi connectivity index (χ0v) is 9.18. The summed E-state index contributed by atoms with van der Waals surface area (Å²) >= 11 is 0. The fourth-order valence-electron chi connectivity index (χ4n) is 1.67. The lowest BCUT2D eigenvalue weighted by atomic mass is 10.0. The van der Waals surface area contributed by atoms with Gasteiger partial charge in [-0.15, -0.1) is 0 Å². The molecule has 0 aromatic carbocycles. The Balaban J connectivity index is 2.50. The van der Waals surface area contributed by atoms with Crippen molar-refractivity contribution in [1.29, 1.82) is 0 Å². The number of ether oxygens (including phenoxy) is 1. The van der Waals surface area contributed by atoms with Gasteiger partial charge in [0.05, 0.1) is 0 Å². The Kier molecular flexibility index (Phi) is 4.70. The lowest BCUT2D eigenvalue weighted by molar-refractivity contribution is -0.144. The van der Waals surface area contributed by atoms with Crippen molar-refractivity contribution in [3.63, 3.8) is 0 Å². The summed E-state index contributed by atoms with van der Waals surface area (Å²) in [6.45, 7) is 2.13. The van der Waals surface area contributed by atoms with Gasteiger partial charge in [-0.3, -0.25) is 4.79 Å². The summed E-state index contributed by atoms with van der Waals surface area (Å²) in [5.41, 5.74) is 0. The third kappa shape index (κ3) is 3.18. The van der Waals surface area contributed by atoms with Crippen LogP contribution in [0.15, 0.2) is 0 Å². The van der Waals surface area contributed by atoms with Crippen LogP contribution in [0.4, 0.5) is 0 Å². The van der Waals surface area contributed by atoms with Crippen molar-refractivity contribution < 1.29 is 24.5 Å². The highest BCUT2D eigenvalue weighted by Gasteiger charge is 2.33. The number of aliphatic hydroxyl groups is 1. The fourth-order valence-corrected chi connectivity index (χ4v) is 1.67. The zero-order valence-electron chi connectivity index (χ0n) is 9.18. The van der Waals surface area contributed by atoms with Crippen LogP contribution in [0.1, 0.15) is 19.8 Å². The van der Waals surface area contributed by atoms with Gasteiger partial charge in [0.15, 0.2) is 0 Å². The molecule has 0 saturated carbocycles. The van der Waals surface area contributed by atoms with Crippen molar-refractivity contribution in [1.82, 2.24) is 5.32 Å². The summed E-state index contributed by atoms with van der Waals surface area (Å²) in [5, 5.41) is 19.8. The molecule has 0 spiro atoms. The van der Waals surface area contributed by atoms with Gasteiger partial charge in [0, 0.05) is 19.6 Å². The molecule has 3 N–H and O–H groups in total. The molecule has 1 amide bonds. The van der Waals surface area contributed by atoms with Gasteiger partial charge in [-0.2, -0.15) is 0 Å². The van der Waals surface area contributed by atoms with E-state index in [2.05, 4.69) is 5.32 Å². The SMILES string of the molecule is CC1CCOC1C(=O)N[C@@H](CCO)C(=O)O. The topological polar surface area (TPSA) is 95.9 Å². The van der Waals surface area contributed by atoms with Crippen LogP contribution in [0.2, 0.25) is 0 Å². The molecule has 1 aliphatic rings. The predicted octanol–water partition coefficient (Wildman–Crippen LogP) is -0.637. The van der Waals surface area contributed by atoms with E-state index in [9.17, 15) is 9.59 Å². The Hall–Kier alpha value is -1.14. The molecule has 16 heavy (non-hydrogen) atoms. The Morgan fingerprint density at radius 2 is 2.25 bits per heavy atom. The monoisotopic (exact) mass is 231 g/mol. The molecule has 92 valence electrons. The van der Waals surface area contributed by atoms with E-state index in [0.29, 0.717) is 6.61 Å². The summed E-state index contributed by atoms with van der Waals surface area (Å²) in [7, 11) is 0.